The Morgan fingerprint density at radius 1 is 0.895 bits per heavy atom. The molecule has 2 aromatic carbocycles. The van der Waals surface area contributed by atoms with Crippen molar-refractivity contribution in [3.63, 3.8) is 0 Å². The molecule has 0 unspecified atom stereocenters. The van der Waals surface area contributed by atoms with Gasteiger partial charge in [0.2, 0.25) is 10.0 Å². The maximum Gasteiger partial charge on any atom is 0.240 e. The minimum atomic E-state index is -3.83. The maximum absolute atomic E-state index is 11.2. The van der Waals surface area contributed by atoms with Crippen LogP contribution in [0, 0.1) is 0 Å². The molecule has 0 radical (unpaired) electrons. The van der Waals surface area contributed by atoms with Crippen LogP contribution in [0.2, 0.25) is 0 Å². The number of ether oxygens (including phenoxy) is 1. The van der Waals surface area contributed by atoms with Crippen molar-refractivity contribution in [1.29, 1.82) is 0 Å². The van der Waals surface area contributed by atoms with Crippen LogP contribution in [0.3, 0.4) is 0 Å². The summed E-state index contributed by atoms with van der Waals surface area (Å²) in [5, 5.41) is 5.01. The van der Waals surface area contributed by atoms with E-state index in [-0.39, 0.29) is 10.6 Å². The molecule has 7 heteroatoms. The summed E-state index contributed by atoms with van der Waals surface area (Å²) in [4.78, 5) is -0.128. The van der Waals surface area contributed by atoms with Crippen LogP contribution in [0.4, 0.5) is 11.4 Å². The molecule has 0 saturated heterocycles. The zero-order valence-corrected chi connectivity index (χ0v) is 10.7. The van der Waals surface area contributed by atoms with Gasteiger partial charge in [0.15, 0.2) is 0 Å². The Kier molecular flexibility index (Phi) is 3.32. The third kappa shape index (κ3) is 3.15. The number of primary sulfonamides is 1. The topological polar surface area (TPSA) is 121 Å². The first-order valence-corrected chi connectivity index (χ1v) is 6.86. The molecule has 0 aromatic heterocycles. The molecule has 0 aliphatic heterocycles. The molecule has 2 rings (SSSR count). The summed E-state index contributed by atoms with van der Waals surface area (Å²) in [6.45, 7) is 0. The van der Waals surface area contributed by atoms with Crippen molar-refractivity contribution < 1.29 is 13.2 Å². The third-order valence-corrected chi connectivity index (χ3v) is 3.39. The lowest BCUT2D eigenvalue weighted by molar-refractivity contribution is 0.482. The third-order valence-electron chi connectivity index (χ3n) is 2.40. The van der Waals surface area contributed by atoms with Crippen LogP contribution in [-0.2, 0) is 10.0 Å². The van der Waals surface area contributed by atoms with Crippen molar-refractivity contribution in [2.75, 3.05) is 11.5 Å². The van der Waals surface area contributed by atoms with E-state index in [2.05, 4.69) is 0 Å². The van der Waals surface area contributed by atoms with Crippen molar-refractivity contribution in [2.45, 2.75) is 4.90 Å². The number of rotatable bonds is 3. The average Bonchev–Trinajstić information content (AvgIpc) is 2.30. The zero-order chi connectivity index (χ0) is 14.0. The first-order valence-electron chi connectivity index (χ1n) is 5.32. The van der Waals surface area contributed by atoms with Crippen LogP contribution >= 0.6 is 0 Å². The highest BCUT2D eigenvalue weighted by Gasteiger charge is 2.12. The maximum atomic E-state index is 11.2. The summed E-state index contributed by atoms with van der Waals surface area (Å²) in [6.07, 6.45) is 0. The minimum absolute atomic E-state index is 0.0374. The lowest BCUT2D eigenvalue weighted by atomic mass is 10.3. The Labute approximate surface area is 110 Å². The van der Waals surface area contributed by atoms with E-state index in [0.29, 0.717) is 17.2 Å². The van der Waals surface area contributed by atoms with Gasteiger partial charge < -0.3 is 16.2 Å². The van der Waals surface area contributed by atoms with E-state index < -0.39 is 10.0 Å². The van der Waals surface area contributed by atoms with Crippen molar-refractivity contribution in [3.8, 4) is 11.5 Å². The highest BCUT2D eigenvalue weighted by Crippen LogP contribution is 2.27. The Balaban J connectivity index is 2.28. The summed E-state index contributed by atoms with van der Waals surface area (Å²) in [5.41, 5.74) is 11.8. The normalized spacial score (nSPS) is 11.2. The van der Waals surface area contributed by atoms with Crippen molar-refractivity contribution in [3.05, 3.63) is 42.5 Å². The Morgan fingerprint density at radius 3 is 2.00 bits per heavy atom. The van der Waals surface area contributed by atoms with Crippen LogP contribution in [0.15, 0.2) is 47.4 Å². The van der Waals surface area contributed by atoms with E-state index in [1.54, 1.807) is 24.3 Å². The van der Waals surface area contributed by atoms with Gasteiger partial charge in [-0.1, -0.05) is 0 Å². The van der Waals surface area contributed by atoms with Gasteiger partial charge in [-0.2, -0.15) is 0 Å². The first kappa shape index (κ1) is 13.2. The highest BCUT2D eigenvalue weighted by atomic mass is 32.2. The monoisotopic (exact) mass is 279 g/mol. The van der Waals surface area contributed by atoms with Crippen LogP contribution in [-0.4, -0.2) is 8.42 Å². The molecule has 100 valence electrons. The summed E-state index contributed by atoms with van der Waals surface area (Å²) in [6, 6.07) is 11.0. The molecule has 0 saturated carbocycles. The molecule has 0 bridgehead atoms. The number of hydrogen-bond acceptors (Lipinski definition) is 5. The van der Waals surface area contributed by atoms with E-state index in [1.807, 2.05) is 0 Å². The molecule has 0 aliphatic rings. The van der Waals surface area contributed by atoms with Gasteiger partial charge in [-0.15, -0.1) is 0 Å². The van der Waals surface area contributed by atoms with Gasteiger partial charge in [0, 0.05) is 11.8 Å². The SMILES string of the molecule is Nc1ccc(Oc2ccc(S(N)(=O)=O)c(N)c2)cc1. The highest BCUT2D eigenvalue weighted by molar-refractivity contribution is 7.89. The molecule has 6 N–H and O–H groups in total. The van der Waals surface area contributed by atoms with Gasteiger partial charge in [-0.05, 0) is 36.4 Å². The predicted molar refractivity (Wildman–Crippen MR) is 73.2 cm³/mol. The summed E-state index contributed by atoms with van der Waals surface area (Å²) < 4.78 is 27.9. The number of benzene rings is 2. The second-order valence-electron chi connectivity index (χ2n) is 3.92. The molecular weight excluding hydrogens is 266 g/mol. The van der Waals surface area contributed by atoms with Crippen LogP contribution < -0.4 is 21.3 Å². The summed E-state index contributed by atoms with van der Waals surface area (Å²) >= 11 is 0. The van der Waals surface area contributed by atoms with E-state index in [0.717, 1.165) is 0 Å². The van der Waals surface area contributed by atoms with Gasteiger partial charge in [-0.25, -0.2) is 13.6 Å². The molecule has 0 fully saturated rings. The Morgan fingerprint density at radius 2 is 1.47 bits per heavy atom. The summed E-state index contributed by atoms with van der Waals surface area (Å²) in [7, 11) is -3.83. The van der Waals surface area contributed by atoms with Crippen molar-refractivity contribution in [2.24, 2.45) is 5.14 Å². The molecule has 0 heterocycles. The number of nitrogens with two attached hydrogens (primary N) is 3. The van der Waals surface area contributed by atoms with Gasteiger partial charge >= 0.3 is 0 Å². The zero-order valence-electron chi connectivity index (χ0n) is 9.91. The van der Waals surface area contributed by atoms with Crippen molar-refractivity contribution in [1.82, 2.24) is 0 Å². The fraction of sp³-hybridized carbons (Fsp3) is 0. The smallest absolute Gasteiger partial charge is 0.240 e. The Bertz CT molecular complexity index is 697. The van der Waals surface area contributed by atoms with Crippen LogP contribution in [0.25, 0.3) is 0 Å². The minimum Gasteiger partial charge on any atom is -0.457 e. The molecule has 6 nitrogen and oxygen atoms in total. The molecule has 2 aromatic rings. The lowest BCUT2D eigenvalue weighted by Gasteiger charge is -2.08. The van der Waals surface area contributed by atoms with Crippen LogP contribution in [0.1, 0.15) is 0 Å². The standard InChI is InChI=1S/C12H13N3O3S/c13-8-1-3-9(4-2-8)18-10-5-6-12(11(14)7-10)19(15,16)17/h1-7H,13-14H2,(H2,15,16,17). The molecule has 19 heavy (non-hydrogen) atoms. The largest absolute Gasteiger partial charge is 0.457 e. The summed E-state index contributed by atoms with van der Waals surface area (Å²) in [5.74, 6) is 0.978. The van der Waals surface area contributed by atoms with E-state index in [9.17, 15) is 8.42 Å². The van der Waals surface area contributed by atoms with Crippen LogP contribution in [0.5, 0.6) is 11.5 Å². The van der Waals surface area contributed by atoms with Gasteiger partial charge in [-0.3, -0.25) is 0 Å². The fourth-order valence-corrected chi connectivity index (χ4v) is 2.17. The van der Waals surface area contributed by atoms with Crippen molar-refractivity contribution >= 4 is 21.4 Å². The number of nitrogen functional groups attached to an aromatic ring is 2. The molecule has 0 aliphatic carbocycles. The van der Waals surface area contributed by atoms with E-state index in [4.69, 9.17) is 21.3 Å². The molecular formula is C12H13N3O3S. The number of sulfonamides is 1. The van der Waals surface area contributed by atoms with Gasteiger partial charge in [0.1, 0.15) is 16.4 Å². The molecule has 0 amide bonds. The first-order chi connectivity index (χ1) is 8.86. The van der Waals surface area contributed by atoms with Gasteiger partial charge in [0.05, 0.1) is 5.69 Å². The quantitative estimate of drug-likeness (QED) is 0.731. The van der Waals surface area contributed by atoms with E-state index >= 15 is 0 Å². The number of hydrogen-bond donors (Lipinski definition) is 3. The molecule has 0 atom stereocenters. The van der Waals surface area contributed by atoms with Gasteiger partial charge in [0.25, 0.3) is 0 Å². The Hall–Kier alpha value is -2.25. The predicted octanol–water partition coefficient (Wildman–Crippen LogP) is 1.29. The fourth-order valence-electron chi connectivity index (χ4n) is 1.52. The molecule has 0 spiro atoms. The second-order valence-corrected chi connectivity index (χ2v) is 5.45. The second kappa shape index (κ2) is 4.79. The average molecular weight is 279 g/mol. The number of anilines is 2. The lowest BCUT2D eigenvalue weighted by Crippen LogP contribution is -2.14. The van der Waals surface area contributed by atoms with E-state index in [1.165, 1.54) is 18.2 Å².